The molecule has 0 spiro atoms. The molecule has 2 aromatic heterocycles. The van der Waals surface area contributed by atoms with Gasteiger partial charge in [0, 0.05) is 28.9 Å². The highest BCUT2D eigenvalue weighted by molar-refractivity contribution is 5.92. The lowest BCUT2D eigenvalue weighted by atomic mass is 10.2. The van der Waals surface area contributed by atoms with Gasteiger partial charge >= 0.3 is 0 Å². The van der Waals surface area contributed by atoms with Crippen LogP contribution in [0.1, 0.15) is 6.42 Å². The van der Waals surface area contributed by atoms with Crippen LogP contribution in [0.5, 0.6) is 5.75 Å². The van der Waals surface area contributed by atoms with Gasteiger partial charge in [-0.15, -0.1) is 0 Å². The third kappa shape index (κ3) is 4.03. The molecule has 0 unspecified atom stereocenters. The Morgan fingerprint density at radius 3 is 2.73 bits per heavy atom. The number of rotatable bonds is 5. The zero-order chi connectivity index (χ0) is 21.1. The summed E-state index contributed by atoms with van der Waals surface area (Å²) in [4.78, 5) is 13.2. The summed E-state index contributed by atoms with van der Waals surface area (Å²) in [7, 11) is 1.53. The molecule has 0 aliphatic heterocycles. The summed E-state index contributed by atoms with van der Waals surface area (Å²) in [5.74, 6) is 0.508. The van der Waals surface area contributed by atoms with Gasteiger partial charge < -0.3 is 10.1 Å². The van der Waals surface area contributed by atoms with Gasteiger partial charge in [0.05, 0.1) is 18.3 Å². The number of anilines is 1. The predicted octanol–water partition coefficient (Wildman–Crippen LogP) is 5.44. The lowest BCUT2D eigenvalue weighted by Gasteiger charge is -2.13. The Hall–Kier alpha value is -3.68. The summed E-state index contributed by atoms with van der Waals surface area (Å²) >= 11 is 0. The van der Waals surface area contributed by atoms with Crippen molar-refractivity contribution in [3.8, 4) is 17.1 Å². The lowest BCUT2D eigenvalue weighted by Crippen LogP contribution is -2.05. The molecule has 0 radical (unpaired) electrons. The van der Waals surface area contributed by atoms with E-state index in [0.29, 0.717) is 33.9 Å². The quantitative estimate of drug-likeness (QED) is 0.607. The smallest absolute Gasteiger partial charge is 0.263 e. The Balaban J connectivity index is 1.80. The fourth-order valence-corrected chi connectivity index (χ4v) is 3.04. The first kappa shape index (κ1) is 19.6. The number of methoxy groups -OCH3 is 1. The minimum atomic E-state index is -2.75. The van der Waals surface area contributed by atoms with Crippen molar-refractivity contribution in [2.45, 2.75) is 12.8 Å². The monoisotopic (exact) mass is 410 g/mol. The van der Waals surface area contributed by atoms with Crippen molar-refractivity contribution in [1.82, 2.24) is 15.0 Å². The van der Waals surface area contributed by atoms with Crippen LogP contribution >= 0.6 is 0 Å². The molecular formula is C22H17F3N4O. The summed E-state index contributed by atoms with van der Waals surface area (Å²) in [5, 5.41) is 3.55. The first-order valence-corrected chi connectivity index (χ1v) is 9.14. The minimum Gasteiger partial charge on any atom is -0.497 e. The molecule has 2 heterocycles. The van der Waals surface area contributed by atoms with Crippen LogP contribution in [0.25, 0.3) is 22.3 Å². The molecule has 1 aromatic carbocycles. The predicted molar refractivity (Wildman–Crippen MR) is 109 cm³/mol. The molecular weight excluding hydrogens is 393 g/mol. The van der Waals surface area contributed by atoms with Gasteiger partial charge in [-0.25, -0.2) is 23.1 Å². The summed E-state index contributed by atoms with van der Waals surface area (Å²) in [5.41, 5.74) is 0.996. The highest BCUT2D eigenvalue weighted by Crippen LogP contribution is 2.31. The molecule has 1 N–H and O–H groups in total. The van der Waals surface area contributed by atoms with Gasteiger partial charge in [-0.2, -0.15) is 0 Å². The maximum absolute atomic E-state index is 14.7. The van der Waals surface area contributed by atoms with E-state index >= 15 is 0 Å². The zero-order valence-electron chi connectivity index (χ0n) is 15.9. The first-order chi connectivity index (χ1) is 14.5. The van der Waals surface area contributed by atoms with Crippen molar-refractivity contribution in [1.29, 1.82) is 0 Å². The molecule has 1 aliphatic carbocycles. The maximum Gasteiger partial charge on any atom is 0.263 e. The van der Waals surface area contributed by atoms with E-state index in [2.05, 4.69) is 20.3 Å². The topological polar surface area (TPSA) is 59.9 Å². The molecule has 0 saturated carbocycles. The first-order valence-electron chi connectivity index (χ1n) is 9.14. The molecule has 8 heteroatoms. The van der Waals surface area contributed by atoms with Gasteiger partial charge in [0.25, 0.3) is 6.43 Å². The number of fused-ring (bicyclic) bond motifs is 1. The van der Waals surface area contributed by atoms with E-state index in [0.717, 1.165) is 6.08 Å². The number of nitrogens with zero attached hydrogens (tertiary/aromatic N) is 3. The van der Waals surface area contributed by atoms with Crippen LogP contribution in [-0.2, 0) is 0 Å². The minimum absolute atomic E-state index is 0.0573. The molecule has 5 nitrogen and oxygen atoms in total. The van der Waals surface area contributed by atoms with Gasteiger partial charge in [-0.05, 0) is 42.8 Å². The number of hydrogen-bond acceptors (Lipinski definition) is 5. The second kappa shape index (κ2) is 8.36. The average molecular weight is 410 g/mol. The highest BCUT2D eigenvalue weighted by atomic mass is 19.3. The fourth-order valence-electron chi connectivity index (χ4n) is 3.04. The summed E-state index contributed by atoms with van der Waals surface area (Å²) < 4.78 is 45.9. The van der Waals surface area contributed by atoms with Crippen molar-refractivity contribution in [3.05, 3.63) is 78.1 Å². The highest BCUT2D eigenvalue weighted by Gasteiger charge is 2.17. The number of hydrogen-bond donors (Lipinski definition) is 1. The van der Waals surface area contributed by atoms with Crippen molar-refractivity contribution >= 4 is 16.7 Å². The molecule has 0 atom stereocenters. The molecule has 30 heavy (non-hydrogen) atoms. The number of ether oxygens (including phenoxy) is 1. The van der Waals surface area contributed by atoms with Gasteiger partial charge in [0.1, 0.15) is 17.4 Å². The van der Waals surface area contributed by atoms with Crippen molar-refractivity contribution in [2.24, 2.45) is 0 Å². The SMILES string of the molecule is COc1ccc2nc(-c3cccnc3)nc(NC3=CCC=C(C(F)F)C=C3F)c2c1. The number of benzene rings is 1. The lowest BCUT2D eigenvalue weighted by molar-refractivity contribution is 0.193. The van der Waals surface area contributed by atoms with E-state index in [1.54, 1.807) is 36.7 Å². The van der Waals surface area contributed by atoms with E-state index in [-0.39, 0.29) is 17.7 Å². The van der Waals surface area contributed by atoms with Gasteiger partial charge in [0.15, 0.2) is 5.82 Å². The molecule has 0 amide bonds. The standard InChI is InChI=1S/C22H17F3N4O/c1-30-15-7-8-18-16(11-15)22(29-21(27-18)14-5-3-9-26-12-14)28-19-6-2-4-13(20(24)25)10-17(19)23/h3-12,20H,2H2,1H3,(H,27,28,29). The Kier molecular flexibility index (Phi) is 5.47. The second-order valence-electron chi connectivity index (χ2n) is 6.50. The Bertz CT molecular complexity index is 1170. The number of aromatic nitrogens is 3. The van der Waals surface area contributed by atoms with E-state index in [4.69, 9.17) is 4.74 Å². The Morgan fingerprint density at radius 1 is 1.13 bits per heavy atom. The average Bonchev–Trinajstić information content (AvgIpc) is 2.95. The molecule has 152 valence electrons. The molecule has 1 aliphatic rings. The summed E-state index contributed by atoms with van der Waals surface area (Å²) in [6, 6.07) is 8.83. The van der Waals surface area contributed by atoms with Gasteiger partial charge in [0.2, 0.25) is 0 Å². The third-order valence-corrected chi connectivity index (χ3v) is 4.55. The van der Waals surface area contributed by atoms with Crippen LogP contribution in [0, 0.1) is 0 Å². The second-order valence-corrected chi connectivity index (χ2v) is 6.50. The molecule has 0 bridgehead atoms. The molecule has 0 saturated heterocycles. The number of pyridine rings is 1. The van der Waals surface area contributed by atoms with Crippen molar-refractivity contribution in [2.75, 3.05) is 12.4 Å². The van der Waals surface area contributed by atoms with Gasteiger partial charge in [-0.3, -0.25) is 4.98 Å². The third-order valence-electron chi connectivity index (χ3n) is 4.55. The largest absolute Gasteiger partial charge is 0.497 e. The van der Waals surface area contributed by atoms with Crippen LogP contribution in [0.2, 0.25) is 0 Å². The number of alkyl halides is 2. The molecule has 4 rings (SSSR count). The van der Waals surface area contributed by atoms with E-state index in [1.165, 1.54) is 19.3 Å². The van der Waals surface area contributed by atoms with E-state index in [1.807, 2.05) is 6.07 Å². The zero-order valence-corrected chi connectivity index (χ0v) is 15.9. The number of allylic oxidation sites excluding steroid dienone is 5. The van der Waals surface area contributed by atoms with Crippen molar-refractivity contribution < 1.29 is 17.9 Å². The fraction of sp³-hybridized carbons (Fsp3) is 0.136. The Labute approximate surface area is 170 Å². The van der Waals surface area contributed by atoms with Crippen LogP contribution < -0.4 is 10.1 Å². The van der Waals surface area contributed by atoms with Crippen LogP contribution in [0.4, 0.5) is 19.0 Å². The summed E-state index contributed by atoms with van der Waals surface area (Å²) in [6.07, 6.45) is 4.30. The normalized spacial score (nSPS) is 14.1. The summed E-state index contributed by atoms with van der Waals surface area (Å²) in [6.45, 7) is 0. The van der Waals surface area contributed by atoms with Gasteiger partial charge in [-0.1, -0.05) is 12.2 Å². The van der Waals surface area contributed by atoms with E-state index in [9.17, 15) is 13.2 Å². The van der Waals surface area contributed by atoms with E-state index < -0.39 is 12.3 Å². The van der Waals surface area contributed by atoms with Crippen LogP contribution in [-0.4, -0.2) is 28.5 Å². The number of halogens is 3. The number of nitrogens with one attached hydrogen (secondary N) is 1. The molecule has 0 fully saturated rings. The van der Waals surface area contributed by atoms with Crippen LogP contribution in [0.15, 0.2) is 78.1 Å². The molecule has 3 aromatic rings. The van der Waals surface area contributed by atoms with Crippen molar-refractivity contribution in [3.63, 3.8) is 0 Å². The maximum atomic E-state index is 14.7. The Morgan fingerprint density at radius 2 is 2.00 bits per heavy atom. The van der Waals surface area contributed by atoms with Crippen LogP contribution in [0.3, 0.4) is 0 Å².